The standard InChI is InChI=1S/C69H126O6/c1-4-7-10-13-16-19-22-25-28-31-34-37-40-43-46-49-52-55-58-61-67(70)73-64-66(75-69(72)63-60-57-54-51-48-45-42-39-36-33-30-27-24-21-18-15-12-9-6-3)65-74-68(71)62-59-56-53-50-47-44-41-38-35-32-29-26-23-20-17-14-11-8-5-2/h16,19,25,28,34,37,43,46,66H,4-15,17-18,20-24,26-27,29-33,35-36,38-42,44-45,47-65H2,1-3H3/b19-16-,28-25-,37-34-,46-43-/t66-/m0/s1. The van der Waals surface area contributed by atoms with Crippen LogP contribution in [0.25, 0.3) is 0 Å². The summed E-state index contributed by atoms with van der Waals surface area (Å²) in [4.78, 5) is 38.4. The summed E-state index contributed by atoms with van der Waals surface area (Å²) in [7, 11) is 0. The molecule has 0 aromatic carbocycles. The summed E-state index contributed by atoms with van der Waals surface area (Å²) in [6, 6.07) is 0. The van der Waals surface area contributed by atoms with Crippen molar-refractivity contribution >= 4 is 17.9 Å². The Morgan fingerprint density at radius 3 is 0.773 bits per heavy atom. The molecule has 438 valence electrons. The van der Waals surface area contributed by atoms with Gasteiger partial charge in [0.1, 0.15) is 13.2 Å². The van der Waals surface area contributed by atoms with Crippen LogP contribution in [0.15, 0.2) is 48.6 Å². The van der Waals surface area contributed by atoms with E-state index in [2.05, 4.69) is 69.4 Å². The van der Waals surface area contributed by atoms with Crippen molar-refractivity contribution in [3.05, 3.63) is 48.6 Å². The maximum Gasteiger partial charge on any atom is 0.306 e. The zero-order valence-electron chi connectivity index (χ0n) is 50.3. The largest absolute Gasteiger partial charge is 0.462 e. The number of carbonyl (C=O) groups excluding carboxylic acids is 3. The van der Waals surface area contributed by atoms with Gasteiger partial charge in [0, 0.05) is 19.3 Å². The summed E-state index contributed by atoms with van der Waals surface area (Å²) in [5, 5.41) is 0. The summed E-state index contributed by atoms with van der Waals surface area (Å²) in [6.07, 6.45) is 79.7. The fourth-order valence-corrected chi connectivity index (χ4v) is 9.84. The van der Waals surface area contributed by atoms with Crippen LogP contribution in [0, 0.1) is 0 Å². The summed E-state index contributed by atoms with van der Waals surface area (Å²) in [5.41, 5.74) is 0. The zero-order chi connectivity index (χ0) is 54.3. The Bertz CT molecular complexity index is 1300. The number of unbranched alkanes of at least 4 members (excludes halogenated alkanes) is 42. The molecule has 0 aromatic heterocycles. The van der Waals surface area contributed by atoms with Gasteiger partial charge in [-0.25, -0.2) is 0 Å². The molecule has 0 saturated heterocycles. The molecule has 0 bridgehead atoms. The van der Waals surface area contributed by atoms with E-state index in [1.54, 1.807) is 0 Å². The highest BCUT2D eigenvalue weighted by molar-refractivity contribution is 5.71. The lowest BCUT2D eigenvalue weighted by Crippen LogP contribution is -2.30. The topological polar surface area (TPSA) is 78.9 Å². The van der Waals surface area contributed by atoms with E-state index in [4.69, 9.17) is 14.2 Å². The summed E-state index contributed by atoms with van der Waals surface area (Å²) in [5.74, 6) is -0.884. The van der Waals surface area contributed by atoms with Gasteiger partial charge < -0.3 is 14.2 Å². The van der Waals surface area contributed by atoms with Gasteiger partial charge in [0.2, 0.25) is 0 Å². The van der Waals surface area contributed by atoms with Crippen LogP contribution in [0.2, 0.25) is 0 Å². The Hall–Kier alpha value is -2.63. The second-order valence-electron chi connectivity index (χ2n) is 22.4. The summed E-state index contributed by atoms with van der Waals surface area (Å²) >= 11 is 0. The van der Waals surface area contributed by atoms with E-state index in [9.17, 15) is 14.4 Å². The minimum Gasteiger partial charge on any atom is -0.462 e. The first-order valence-corrected chi connectivity index (χ1v) is 33.1. The van der Waals surface area contributed by atoms with E-state index in [1.165, 1.54) is 231 Å². The maximum atomic E-state index is 12.9. The van der Waals surface area contributed by atoms with Gasteiger partial charge in [0.05, 0.1) is 0 Å². The van der Waals surface area contributed by atoms with Crippen molar-refractivity contribution in [3.8, 4) is 0 Å². The average Bonchev–Trinajstić information content (AvgIpc) is 3.41. The number of hydrogen-bond donors (Lipinski definition) is 0. The molecular formula is C69H126O6. The van der Waals surface area contributed by atoms with E-state index in [0.29, 0.717) is 19.3 Å². The van der Waals surface area contributed by atoms with Crippen LogP contribution in [0.4, 0.5) is 0 Å². The second kappa shape index (κ2) is 63.9. The molecule has 0 amide bonds. The van der Waals surface area contributed by atoms with Crippen LogP contribution in [-0.2, 0) is 28.6 Å². The fraction of sp³-hybridized carbons (Fsp3) is 0.841. The molecular weight excluding hydrogens is 925 g/mol. The van der Waals surface area contributed by atoms with E-state index < -0.39 is 6.10 Å². The Kier molecular flexibility index (Phi) is 61.7. The third-order valence-corrected chi connectivity index (χ3v) is 14.8. The Morgan fingerprint density at radius 1 is 0.267 bits per heavy atom. The average molecular weight is 1050 g/mol. The molecule has 0 aliphatic carbocycles. The second-order valence-corrected chi connectivity index (χ2v) is 22.4. The third-order valence-electron chi connectivity index (χ3n) is 14.8. The van der Waals surface area contributed by atoms with Crippen LogP contribution < -0.4 is 0 Å². The molecule has 6 nitrogen and oxygen atoms in total. The highest BCUT2D eigenvalue weighted by Crippen LogP contribution is 2.18. The van der Waals surface area contributed by atoms with E-state index in [1.807, 2.05) is 0 Å². The molecule has 0 heterocycles. The van der Waals surface area contributed by atoms with Gasteiger partial charge >= 0.3 is 17.9 Å². The van der Waals surface area contributed by atoms with Crippen LogP contribution in [0.3, 0.4) is 0 Å². The first kappa shape index (κ1) is 72.4. The summed E-state index contributed by atoms with van der Waals surface area (Å²) in [6.45, 7) is 6.65. The lowest BCUT2D eigenvalue weighted by Gasteiger charge is -2.18. The monoisotopic (exact) mass is 1050 g/mol. The molecule has 0 saturated carbocycles. The molecule has 0 aliphatic rings. The Morgan fingerprint density at radius 2 is 0.480 bits per heavy atom. The number of rotatable bonds is 61. The predicted molar refractivity (Wildman–Crippen MR) is 325 cm³/mol. The molecule has 0 unspecified atom stereocenters. The van der Waals surface area contributed by atoms with Crippen LogP contribution >= 0.6 is 0 Å². The number of allylic oxidation sites excluding steroid dienone is 8. The Labute approximate surface area is 467 Å². The molecule has 0 N–H and O–H groups in total. The van der Waals surface area contributed by atoms with Gasteiger partial charge in [-0.15, -0.1) is 0 Å². The predicted octanol–water partition coefficient (Wildman–Crippen LogP) is 22.6. The molecule has 75 heavy (non-hydrogen) atoms. The van der Waals surface area contributed by atoms with E-state index in [-0.39, 0.29) is 31.1 Å². The molecule has 6 heteroatoms. The lowest BCUT2D eigenvalue weighted by atomic mass is 10.0. The SMILES string of the molecule is CCCCC/C=C\C/C=C\C/C=C\C/C=C\CCCCCC(=O)OC[C@@H](COC(=O)CCCCCCCCCCCCCCCCCCCCC)OC(=O)CCCCCCCCCCCCCCCCCCCCC. The molecule has 0 aromatic rings. The van der Waals surface area contributed by atoms with Crippen LogP contribution in [-0.4, -0.2) is 37.2 Å². The van der Waals surface area contributed by atoms with Crippen molar-refractivity contribution in [1.82, 2.24) is 0 Å². The minimum atomic E-state index is -0.784. The van der Waals surface area contributed by atoms with Crippen LogP contribution in [0.5, 0.6) is 0 Å². The van der Waals surface area contributed by atoms with E-state index >= 15 is 0 Å². The van der Waals surface area contributed by atoms with Gasteiger partial charge in [-0.3, -0.25) is 14.4 Å². The van der Waals surface area contributed by atoms with Crippen molar-refractivity contribution in [2.75, 3.05) is 13.2 Å². The van der Waals surface area contributed by atoms with Gasteiger partial charge in [0.15, 0.2) is 6.10 Å². The molecule has 0 rings (SSSR count). The highest BCUT2D eigenvalue weighted by Gasteiger charge is 2.19. The smallest absolute Gasteiger partial charge is 0.306 e. The van der Waals surface area contributed by atoms with Crippen molar-refractivity contribution < 1.29 is 28.6 Å². The minimum absolute atomic E-state index is 0.0781. The quantitative estimate of drug-likeness (QED) is 0.0261. The first-order chi connectivity index (χ1) is 37.0. The van der Waals surface area contributed by atoms with Crippen molar-refractivity contribution in [2.45, 2.75) is 361 Å². The molecule has 0 aliphatic heterocycles. The normalized spacial score (nSPS) is 12.3. The van der Waals surface area contributed by atoms with Gasteiger partial charge in [-0.2, -0.15) is 0 Å². The van der Waals surface area contributed by atoms with Gasteiger partial charge in [-0.05, 0) is 64.2 Å². The maximum absolute atomic E-state index is 12.9. The highest BCUT2D eigenvalue weighted by atomic mass is 16.6. The number of carbonyl (C=O) groups is 3. The molecule has 0 spiro atoms. The summed E-state index contributed by atoms with van der Waals surface area (Å²) < 4.78 is 17.0. The first-order valence-electron chi connectivity index (χ1n) is 33.1. The van der Waals surface area contributed by atoms with E-state index in [0.717, 1.165) is 83.5 Å². The molecule has 0 fully saturated rings. The molecule has 0 radical (unpaired) electrons. The van der Waals surface area contributed by atoms with Crippen molar-refractivity contribution in [3.63, 3.8) is 0 Å². The molecule has 1 atom stereocenters. The zero-order valence-corrected chi connectivity index (χ0v) is 50.3. The third kappa shape index (κ3) is 62.1. The lowest BCUT2D eigenvalue weighted by molar-refractivity contribution is -0.167. The van der Waals surface area contributed by atoms with Crippen molar-refractivity contribution in [2.24, 2.45) is 0 Å². The Balaban J connectivity index is 4.38. The number of ether oxygens (including phenoxy) is 3. The van der Waals surface area contributed by atoms with Gasteiger partial charge in [-0.1, -0.05) is 320 Å². The fourth-order valence-electron chi connectivity index (χ4n) is 9.84. The van der Waals surface area contributed by atoms with Gasteiger partial charge in [0.25, 0.3) is 0 Å². The van der Waals surface area contributed by atoms with Crippen LogP contribution in [0.1, 0.15) is 355 Å². The number of hydrogen-bond acceptors (Lipinski definition) is 6. The van der Waals surface area contributed by atoms with Crippen molar-refractivity contribution in [1.29, 1.82) is 0 Å². The number of esters is 3.